The van der Waals surface area contributed by atoms with Crippen molar-refractivity contribution in [1.82, 2.24) is 0 Å². The molecule has 0 amide bonds. The molecular formula is C15H12F5N. The Morgan fingerprint density at radius 3 is 1.95 bits per heavy atom. The summed E-state index contributed by atoms with van der Waals surface area (Å²) in [5.74, 6) is -4.87. The molecule has 0 aliphatic rings. The molecule has 2 aromatic rings. The van der Waals surface area contributed by atoms with Crippen molar-refractivity contribution in [2.75, 3.05) is 5.32 Å². The largest absolute Gasteiger partial charge is 0.458 e. The van der Waals surface area contributed by atoms with Gasteiger partial charge >= 0.3 is 12.1 Å². The first-order valence-electron chi connectivity index (χ1n) is 6.14. The van der Waals surface area contributed by atoms with Gasteiger partial charge in [-0.2, -0.15) is 22.0 Å². The van der Waals surface area contributed by atoms with Crippen LogP contribution >= 0.6 is 0 Å². The summed E-state index contributed by atoms with van der Waals surface area (Å²) >= 11 is 0. The molecule has 21 heavy (non-hydrogen) atoms. The number of para-hydroxylation sites is 1. The molecule has 0 aliphatic carbocycles. The summed E-state index contributed by atoms with van der Waals surface area (Å²) in [6.45, 7) is -0.119. The van der Waals surface area contributed by atoms with E-state index in [0.29, 0.717) is 5.69 Å². The molecule has 0 saturated heterocycles. The summed E-state index contributed by atoms with van der Waals surface area (Å²) < 4.78 is 64.5. The van der Waals surface area contributed by atoms with E-state index in [1.807, 2.05) is 0 Å². The lowest BCUT2D eigenvalue weighted by Crippen LogP contribution is -2.34. The quantitative estimate of drug-likeness (QED) is 0.788. The van der Waals surface area contributed by atoms with Gasteiger partial charge in [0, 0.05) is 17.8 Å². The molecule has 0 radical (unpaired) electrons. The SMILES string of the molecule is FC(F)(F)C(F)(F)c1ccccc1CNc1ccccc1. The van der Waals surface area contributed by atoms with Gasteiger partial charge in [0.2, 0.25) is 0 Å². The Labute approximate surface area is 118 Å². The van der Waals surface area contributed by atoms with Crippen LogP contribution in [0.2, 0.25) is 0 Å². The molecule has 0 aliphatic heterocycles. The average Bonchev–Trinajstić information content (AvgIpc) is 2.45. The Bertz CT molecular complexity index is 593. The van der Waals surface area contributed by atoms with E-state index >= 15 is 0 Å². The molecule has 0 atom stereocenters. The van der Waals surface area contributed by atoms with Crippen LogP contribution in [-0.4, -0.2) is 6.18 Å². The molecule has 0 bridgehead atoms. The van der Waals surface area contributed by atoms with Crippen molar-refractivity contribution in [3.05, 3.63) is 65.7 Å². The zero-order valence-corrected chi connectivity index (χ0v) is 10.8. The molecule has 1 N–H and O–H groups in total. The smallest absolute Gasteiger partial charge is 0.381 e. The molecule has 0 saturated carbocycles. The minimum atomic E-state index is -5.62. The third-order valence-corrected chi connectivity index (χ3v) is 2.97. The maximum Gasteiger partial charge on any atom is 0.458 e. The fraction of sp³-hybridized carbons (Fsp3) is 0.200. The van der Waals surface area contributed by atoms with E-state index in [1.165, 1.54) is 18.2 Å². The first-order valence-corrected chi connectivity index (χ1v) is 6.14. The van der Waals surface area contributed by atoms with Crippen LogP contribution in [0.5, 0.6) is 0 Å². The van der Waals surface area contributed by atoms with Crippen molar-refractivity contribution >= 4 is 5.69 Å². The monoisotopic (exact) mass is 301 g/mol. The predicted molar refractivity (Wildman–Crippen MR) is 70.2 cm³/mol. The number of alkyl halides is 5. The Morgan fingerprint density at radius 2 is 1.33 bits per heavy atom. The molecule has 0 unspecified atom stereocenters. The Hall–Kier alpha value is -2.11. The van der Waals surface area contributed by atoms with E-state index in [1.54, 1.807) is 30.3 Å². The fourth-order valence-electron chi connectivity index (χ4n) is 1.89. The van der Waals surface area contributed by atoms with Gasteiger partial charge < -0.3 is 5.32 Å². The average molecular weight is 301 g/mol. The lowest BCUT2D eigenvalue weighted by atomic mass is 10.0. The second kappa shape index (κ2) is 5.71. The predicted octanol–water partition coefficient (Wildman–Crippen LogP) is 4.95. The number of benzene rings is 2. The van der Waals surface area contributed by atoms with E-state index in [-0.39, 0.29) is 12.1 Å². The van der Waals surface area contributed by atoms with Crippen LogP contribution in [0.4, 0.5) is 27.6 Å². The maximum atomic E-state index is 13.5. The number of nitrogens with one attached hydrogen (secondary N) is 1. The van der Waals surface area contributed by atoms with Crippen molar-refractivity contribution in [3.8, 4) is 0 Å². The van der Waals surface area contributed by atoms with Crippen LogP contribution in [-0.2, 0) is 12.5 Å². The number of hydrogen-bond donors (Lipinski definition) is 1. The second-order valence-corrected chi connectivity index (χ2v) is 4.45. The number of hydrogen-bond acceptors (Lipinski definition) is 1. The number of rotatable bonds is 4. The van der Waals surface area contributed by atoms with Gasteiger partial charge in [0.05, 0.1) is 0 Å². The molecular weight excluding hydrogens is 289 g/mol. The third-order valence-electron chi connectivity index (χ3n) is 2.97. The molecule has 112 valence electrons. The maximum absolute atomic E-state index is 13.5. The highest BCUT2D eigenvalue weighted by molar-refractivity contribution is 5.44. The molecule has 6 heteroatoms. The van der Waals surface area contributed by atoms with Crippen LogP contribution in [0.15, 0.2) is 54.6 Å². The topological polar surface area (TPSA) is 12.0 Å². The summed E-state index contributed by atoms with van der Waals surface area (Å²) in [6.07, 6.45) is -5.62. The van der Waals surface area contributed by atoms with Crippen LogP contribution in [0.25, 0.3) is 0 Å². The van der Waals surface area contributed by atoms with Crippen molar-refractivity contribution in [2.45, 2.75) is 18.6 Å². The molecule has 0 heterocycles. The molecule has 1 nitrogen and oxygen atoms in total. The Morgan fingerprint density at radius 1 is 0.762 bits per heavy atom. The molecule has 0 fully saturated rings. The minimum Gasteiger partial charge on any atom is -0.381 e. The van der Waals surface area contributed by atoms with Gasteiger partial charge in [-0.1, -0.05) is 42.5 Å². The summed E-state index contributed by atoms with van der Waals surface area (Å²) in [4.78, 5) is 0. The van der Waals surface area contributed by atoms with E-state index < -0.39 is 17.7 Å². The zero-order chi connectivity index (χ0) is 15.5. The van der Waals surface area contributed by atoms with Crippen LogP contribution in [0.1, 0.15) is 11.1 Å². The van der Waals surface area contributed by atoms with Crippen molar-refractivity contribution in [3.63, 3.8) is 0 Å². The van der Waals surface area contributed by atoms with E-state index in [2.05, 4.69) is 5.32 Å². The number of halogens is 5. The van der Waals surface area contributed by atoms with Gasteiger partial charge in [0.15, 0.2) is 0 Å². The summed E-state index contributed by atoms with van der Waals surface area (Å²) in [7, 11) is 0. The van der Waals surface area contributed by atoms with Gasteiger partial charge in [0.1, 0.15) is 0 Å². The second-order valence-electron chi connectivity index (χ2n) is 4.45. The fourth-order valence-corrected chi connectivity index (χ4v) is 1.89. The molecule has 0 spiro atoms. The van der Waals surface area contributed by atoms with Gasteiger partial charge in [-0.15, -0.1) is 0 Å². The standard InChI is InChI=1S/C15H12F5N/c16-14(17,15(18,19)20)13-9-5-4-6-11(13)10-21-12-7-2-1-3-8-12/h1-9,21H,10H2. The minimum absolute atomic E-state index is 0.0938. The highest BCUT2D eigenvalue weighted by Crippen LogP contribution is 2.45. The number of anilines is 1. The molecule has 0 aromatic heterocycles. The van der Waals surface area contributed by atoms with Crippen LogP contribution in [0.3, 0.4) is 0 Å². The van der Waals surface area contributed by atoms with Crippen LogP contribution < -0.4 is 5.32 Å². The van der Waals surface area contributed by atoms with E-state index in [0.717, 1.165) is 6.07 Å². The van der Waals surface area contributed by atoms with Crippen molar-refractivity contribution in [2.24, 2.45) is 0 Å². The Balaban J connectivity index is 2.26. The van der Waals surface area contributed by atoms with Crippen molar-refractivity contribution < 1.29 is 22.0 Å². The summed E-state index contributed by atoms with van der Waals surface area (Å²) in [5.41, 5.74) is -0.479. The van der Waals surface area contributed by atoms with E-state index in [4.69, 9.17) is 0 Å². The third kappa shape index (κ3) is 3.32. The zero-order valence-electron chi connectivity index (χ0n) is 10.8. The lowest BCUT2D eigenvalue weighted by molar-refractivity contribution is -0.289. The van der Waals surface area contributed by atoms with Gasteiger partial charge in [-0.25, -0.2) is 0 Å². The molecule has 2 aromatic carbocycles. The van der Waals surface area contributed by atoms with Gasteiger partial charge in [-0.05, 0) is 17.7 Å². The van der Waals surface area contributed by atoms with Crippen molar-refractivity contribution in [1.29, 1.82) is 0 Å². The molecule has 2 rings (SSSR count). The first kappa shape index (κ1) is 15.3. The highest BCUT2D eigenvalue weighted by atomic mass is 19.4. The van der Waals surface area contributed by atoms with E-state index in [9.17, 15) is 22.0 Å². The summed E-state index contributed by atoms with van der Waals surface area (Å²) in [6, 6.07) is 13.3. The lowest BCUT2D eigenvalue weighted by Gasteiger charge is -2.22. The first-order chi connectivity index (χ1) is 9.82. The Kier molecular flexibility index (Phi) is 4.16. The van der Waals surface area contributed by atoms with Gasteiger partial charge in [-0.3, -0.25) is 0 Å². The van der Waals surface area contributed by atoms with Crippen LogP contribution in [0, 0.1) is 0 Å². The highest BCUT2D eigenvalue weighted by Gasteiger charge is 2.59. The normalized spacial score (nSPS) is 12.2. The van der Waals surface area contributed by atoms with Gasteiger partial charge in [0.25, 0.3) is 0 Å². The summed E-state index contributed by atoms with van der Waals surface area (Å²) in [5, 5.41) is 2.82.